The number of benzene rings is 3. The molecule has 0 unspecified atom stereocenters. The topological polar surface area (TPSA) is 50.7 Å². The van der Waals surface area contributed by atoms with E-state index in [0.29, 0.717) is 28.8 Å². The van der Waals surface area contributed by atoms with Crippen LogP contribution in [0.3, 0.4) is 0 Å². The first-order valence-electron chi connectivity index (χ1n) is 9.45. The Kier molecular flexibility index (Phi) is 7.50. The normalized spacial score (nSPS) is 10.9. The Hall–Kier alpha value is -2.82. The predicted octanol–water partition coefficient (Wildman–Crippen LogP) is 5.88. The molecule has 0 aliphatic carbocycles. The molecule has 0 bridgehead atoms. The maximum atomic E-state index is 12.1. The van der Waals surface area contributed by atoms with Crippen molar-refractivity contribution in [3.63, 3.8) is 0 Å². The summed E-state index contributed by atoms with van der Waals surface area (Å²) in [6.45, 7) is 4.35. The first-order valence-corrected chi connectivity index (χ1v) is 10.2. The minimum absolute atomic E-state index is 0.153. The van der Waals surface area contributed by atoms with Gasteiger partial charge >= 0.3 is 0 Å². The summed E-state index contributed by atoms with van der Waals surface area (Å²) in [5, 5.41) is 5.20. The first-order chi connectivity index (χ1) is 14.4. The second-order valence-electron chi connectivity index (χ2n) is 6.99. The van der Waals surface area contributed by atoms with E-state index in [-0.39, 0.29) is 5.91 Å². The molecule has 6 heteroatoms. The molecule has 3 rings (SSSR count). The van der Waals surface area contributed by atoms with Gasteiger partial charge in [-0.15, -0.1) is 0 Å². The van der Waals surface area contributed by atoms with Crippen LogP contribution in [0.5, 0.6) is 5.75 Å². The third-order valence-corrected chi connectivity index (χ3v) is 5.14. The van der Waals surface area contributed by atoms with Crippen LogP contribution in [0.25, 0.3) is 0 Å². The fourth-order valence-corrected chi connectivity index (χ4v) is 3.30. The Morgan fingerprint density at radius 2 is 1.77 bits per heavy atom. The van der Waals surface area contributed by atoms with Gasteiger partial charge in [0.25, 0.3) is 0 Å². The molecule has 154 valence electrons. The SMILES string of the molecule is Cc1ccc(C)c(CC(=O)N/N=C/c2ccc(OCc3ccc(Cl)cc3Cl)cc2)c1. The maximum Gasteiger partial charge on any atom is 0.244 e. The molecule has 0 saturated carbocycles. The summed E-state index contributed by atoms with van der Waals surface area (Å²) in [6, 6.07) is 18.8. The Balaban J connectivity index is 1.50. The zero-order valence-electron chi connectivity index (χ0n) is 16.8. The number of nitrogens with one attached hydrogen (secondary N) is 1. The summed E-state index contributed by atoms with van der Waals surface area (Å²) >= 11 is 12.1. The van der Waals surface area contributed by atoms with Crippen molar-refractivity contribution in [1.29, 1.82) is 0 Å². The van der Waals surface area contributed by atoms with Gasteiger partial charge in [-0.05, 0) is 66.9 Å². The van der Waals surface area contributed by atoms with E-state index >= 15 is 0 Å². The van der Waals surface area contributed by atoms with Crippen LogP contribution in [0.2, 0.25) is 10.0 Å². The van der Waals surface area contributed by atoms with E-state index in [2.05, 4.69) is 10.5 Å². The summed E-state index contributed by atoms with van der Waals surface area (Å²) in [5.74, 6) is 0.553. The minimum atomic E-state index is -0.153. The van der Waals surface area contributed by atoms with Crippen molar-refractivity contribution in [3.05, 3.63) is 98.5 Å². The molecule has 1 N–H and O–H groups in total. The highest BCUT2D eigenvalue weighted by atomic mass is 35.5. The molecular weight excluding hydrogens is 419 g/mol. The van der Waals surface area contributed by atoms with E-state index in [1.165, 1.54) is 0 Å². The first kappa shape index (κ1) is 21.9. The Labute approximate surface area is 186 Å². The lowest BCUT2D eigenvalue weighted by Gasteiger charge is -2.08. The molecule has 0 aliphatic heterocycles. The number of hydrogen-bond acceptors (Lipinski definition) is 3. The van der Waals surface area contributed by atoms with Crippen molar-refractivity contribution in [2.45, 2.75) is 26.9 Å². The quantitative estimate of drug-likeness (QED) is 0.368. The number of hydrogen-bond donors (Lipinski definition) is 1. The number of halogens is 2. The number of ether oxygens (including phenoxy) is 1. The standard InChI is InChI=1S/C24H22Cl2N2O2/c1-16-3-4-17(2)20(11-16)12-24(29)28-27-14-18-5-9-22(10-6-18)30-15-19-7-8-21(25)13-23(19)26/h3-11,13-14H,12,15H2,1-2H3,(H,28,29)/b27-14+. The van der Waals surface area contributed by atoms with Crippen LogP contribution in [-0.4, -0.2) is 12.1 Å². The van der Waals surface area contributed by atoms with Crippen molar-refractivity contribution >= 4 is 35.3 Å². The molecule has 0 heterocycles. The highest BCUT2D eigenvalue weighted by Crippen LogP contribution is 2.22. The molecule has 3 aromatic carbocycles. The average Bonchev–Trinajstić information content (AvgIpc) is 2.71. The van der Waals surface area contributed by atoms with E-state index in [1.807, 2.05) is 62.4 Å². The molecule has 0 atom stereocenters. The van der Waals surface area contributed by atoms with Crippen LogP contribution in [0, 0.1) is 13.8 Å². The highest BCUT2D eigenvalue weighted by Gasteiger charge is 2.06. The molecule has 0 aliphatic rings. The average molecular weight is 441 g/mol. The van der Waals surface area contributed by atoms with Gasteiger partial charge in [0.1, 0.15) is 12.4 Å². The van der Waals surface area contributed by atoms with Gasteiger partial charge in [-0.3, -0.25) is 4.79 Å². The molecule has 0 fully saturated rings. The van der Waals surface area contributed by atoms with E-state index in [4.69, 9.17) is 27.9 Å². The molecule has 0 aromatic heterocycles. The van der Waals surface area contributed by atoms with Gasteiger partial charge in [-0.25, -0.2) is 5.43 Å². The van der Waals surface area contributed by atoms with Gasteiger partial charge in [0.15, 0.2) is 0 Å². The van der Waals surface area contributed by atoms with Gasteiger partial charge in [-0.2, -0.15) is 5.10 Å². The number of carbonyl (C=O) groups excluding carboxylic acids is 1. The number of aryl methyl sites for hydroxylation is 2. The third kappa shape index (κ3) is 6.34. The monoisotopic (exact) mass is 440 g/mol. The summed E-state index contributed by atoms with van der Waals surface area (Å²) in [7, 11) is 0. The van der Waals surface area contributed by atoms with Gasteiger partial charge in [-0.1, -0.05) is 53.0 Å². The summed E-state index contributed by atoms with van der Waals surface area (Å²) in [5.41, 5.74) is 7.51. The fraction of sp³-hybridized carbons (Fsp3) is 0.167. The highest BCUT2D eigenvalue weighted by molar-refractivity contribution is 6.35. The number of hydrazone groups is 1. The molecule has 30 heavy (non-hydrogen) atoms. The van der Waals surface area contributed by atoms with Crippen molar-refractivity contribution < 1.29 is 9.53 Å². The lowest BCUT2D eigenvalue weighted by atomic mass is 10.0. The second kappa shape index (κ2) is 10.3. The van der Waals surface area contributed by atoms with Crippen LogP contribution in [0.15, 0.2) is 65.8 Å². The lowest BCUT2D eigenvalue weighted by molar-refractivity contribution is -0.120. The van der Waals surface area contributed by atoms with Gasteiger partial charge in [0.2, 0.25) is 5.91 Å². The Morgan fingerprint density at radius 3 is 2.50 bits per heavy atom. The molecule has 1 amide bonds. The molecule has 3 aromatic rings. The molecule has 0 radical (unpaired) electrons. The molecule has 0 spiro atoms. The minimum Gasteiger partial charge on any atom is -0.489 e. The fourth-order valence-electron chi connectivity index (χ4n) is 2.83. The van der Waals surface area contributed by atoms with Crippen molar-refractivity contribution in [1.82, 2.24) is 5.43 Å². The van der Waals surface area contributed by atoms with Crippen LogP contribution < -0.4 is 10.2 Å². The molecular formula is C24H22Cl2N2O2. The molecule has 4 nitrogen and oxygen atoms in total. The second-order valence-corrected chi connectivity index (χ2v) is 7.84. The van der Waals surface area contributed by atoms with E-state index in [0.717, 1.165) is 27.8 Å². The van der Waals surface area contributed by atoms with Crippen LogP contribution >= 0.6 is 23.2 Å². The van der Waals surface area contributed by atoms with E-state index < -0.39 is 0 Å². The van der Waals surface area contributed by atoms with Crippen molar-refractivity contribution in [2.75, 3.05) is 0 Å². The van der Waals surface area contributed by atoms with Gasteiger partial charge in [0, 0.05) is 15.6 Å². The zero-order valence-corrected chi connectivity index (χ0v) is 18.3. The van der Waals surface area contributed by atoms with E-state index in [1.54, 1.807) is 18.3 Å². The summed E-state index contributed by atoms with van der Waals surface area (Å²) < 4.78 is 5.76. The third-order valence-electron chi connectivity index (χ3n) is 4.55. The van der Waals surface area contributed by atoms with Crippen LogP contribution in [0.4, 0.5) is 0 Å². The number of rotatable bonds is 7. The zero-order chi connectivity index (χ0) is 21.5. The maximum absolute atomic E-state index is 12.1. The Bertz CT molecular complexity index is 1060. The summed E-state index contributed by atoms with van der Waals surface area (Å²) in [4.78, 5) is 12.1. The number of nitrogens with zero attached hydrogens (tertiary/aromatic N) is 1. The van der Waals surface area contributed by atoms with Crippen LogP contribution in [-0.2, 0) is 17.8 Å². The van der Waals surface area contributed by atoms with Crippen molar-refractivity contribution in [3.8, 4) is 5.75 Å². The largest absolute Gasteiger partial charge is 0.489 e. The molecule has 0 saturated heterocycles. The van der Waals surface area contributed by atoms with Crippen molar-refractivity contribution in [2.24, 2.45) is 5.10 Å². The van der Waals surface area contributed by atoms with Gasteiger partial charge < -0.3 is 4.74 Å². The number of amides is 1. The lowest BCUT2D eigenvalue weighted by Crippen LogP contribution is -2.20. The smallest absolute Gasteiger partial charge is 0.244 e. The predicted molar refractivity (Wildman–Crippen MR) is 123 cm³/mol. The Morgan fingerprint density at radius 1 is 1.00 bits per heavy atom. The van der Waals surface area contributed by atoms with Gasteiger partial charge in [0.05, 0.1) is 12.6 Å². The van der Waals surface area contributed by atoms with Crippen LogP contribution in [0.1, 0.15) is 27.8 Å². The number of carbonyl (C=O) groups is 1. The van der Waals surface area contributed by atoms with E-state index in [9.17, 15) is 4.79 Å². The summed E-state index contributed by atoms with van der Waals surface area (Å²) in [6.07, 6.45) is 1.89.